The van der Waals surface area contributed by atoms with Gasteiger partial charge in [0.1, 0.15) is 28.9 Å². The van der Waals surface area contributed by atoms with E-state index in [4.69, 9.17) is 9.47 Å². The second-order valence-corrected chi connectivity index (χ2v) is 7.19. The van der Waals surface area contributed by atoms with Gasteiger partial charge in [0.05, 0.1) is 19.6 Å². The number of hydrogen-bond acceptors (Lipinski definition) is 7. The van der Waals surface area contributed by atoms with Gasteiger partial charge in [0.2, 0.25) is 11.8 Å². The number of nitrogens with zero attached hydrogens (tertiary/aromatic N) is 3. The van der Waals surface area contributed by atoms with Gasteiger partial charge in [-0.25, -0.2) is 0 Å². The van der Waals surface area contributed by atoms with Crippen LogP contribution < -0.4 is 20.1 Å². The molecule has 7 nitrogen and oxygen atoms in total. The predicted octanol–water partition coefficient (Wildman–Crippen LogP) is 3.99. The Morgan fingerprint density at radius 1 is 1.07 bits per heavy atom. The van der Waals surface area contributed by atoms with Gasteiger partial charge in [-0.1, -0.05) is 28.1 Å². The molecule has 0 fully saturated rings. The fourth-order valence-corrected chi connectivity index (χ4v) is 3.52. The predicted molar refractivity (Wildman–Crippen MR) is 106 cm³/mol. The second-order valence-electron chi connectivity index (χ2n) is 6.27. The minimum atomic E-state index is -0.661. The van der Waals surface area contributed by atoms with E-state index in [1.807, 2.05) is 31.2 Å². The highest BCUT2D eigenvalue weighted by molar-refractivity contribution is 9.10. The zero-order valence-electron chi connectivity index (χ0n) is 14.9. The van der Waals surface area contributed by atoms with Gasteiger partial charge in [-0.3, -0.25) is 0 Å². The van der Waals surface area contributed by atoms with Crippen molar-refractivity contribution in [3.8, 4) is 17.8 Å². The average Bonchev–Trinajstić information content (AvgIpc) is 2.67. The van der Waals surface area contributed by atoms with Crippen LogP contribution in [0.1, 0.15) is 18.1 Å². The summed E-state index contributed by atoms with van der Waals surface area (Å²) in [4.78, 5) is 9.08. The van der Waals surface area contributed by atoms with Gasteiger partial charge < -0.3 is 20.1 Å². The molecule has 0 bridgehead atoms. The van der Waals surface area contributed by atoms with Crippen molar-refractivity contribution in [3.05, 3.63) is 45.9 Å². The Morgan fingerprint density at radius 2 is 1.74 bits per heavy atom. The summed E-state index contributed by atoms with van der Waals surface area (Å²) in [6.45, 7) is 2.00. The van der Waals surface area contributed by atoms with E-state index in [0.717, 1.165) is 15.4 Å². The van der Waals surface area contributed by atoms with E-state index in [0.29, 0.717) is 28.5 Å². The highest BCUT2D eigenvalue weighted by Gasteiger charge is 2.35. The normalized spacial score (nSPS) is 17.6. The Kier molecular flexibility index (Phi) is 4.04. The summed E-state index contributed by atoms with van der Waals surface area (Å²) < 4.78 is 11.7. The second kappa shape index (κ2) is 6.28. The number of ether oxygens (including phenoxy) is 2. The molecule has 3 aromatic rings. The third kappa shape index (κ3) is 2.71. The van der Waals surface area contributed by atoms with Crippen LogP contribution in [0.15, 0.2) is 34.8 Å². The van der Waals surface area contributed by atoms with Gasteiger partial charge in [0.25, 0.3) is 0 Å². The van der Waals surface area contributed by atoms with Crippen molar-refractivity contribution in [3.63, 3.8) is 0 Å². The van der Waals surface area contributed by atoms with Crippen LogP contribution in [0, 0.1) is 11.3 Å². The minimum absolute atomic E-state index is 0.256. The number of rotatable bonds is 3. The van der Waals surface area contributed by atoms with Crippen LogP contribution in [-0.2, 0) is 5.66 Å². The summed E-state index contributed by atoms with van der Waals surface area (Å²) >= 11 is 3.46. The van der Waals surface area contributed by atoms with Crippen molar-refractivity contribution in [2.24, 2.45) is 0 Å². The van der Waals surface area contributed by atoms with Gasteiger partial charge in [-0.2, -0.15) is 15.2 Å². The molecular weight excluding hydrogens is 410 g/mol. The maximum absolute atomic E-state index is 9.61. The number of nitrogens with one attached hydrogen (secondary N) is 2. The van der Waals surface area contributed by atoms with Crippen molar-refractivity contribution in [2.75, 3.05) is 24.9 Å². The Balaban J connectivity index is 1.98. The van der Waals surface area contributed by atoms with Crippen molar-refractivity contribution in [2.45, 2.75) is 12.6 Å². The maximum Gasteiger partial charge on any atom is 0.234 e. The standard InChI is InChI=1S/C19H16BrN5O2/c1-19(10-4-6-11(20)7-5-10)24-16-15-12(8-14(22-16)26-2)13(9-21)18(27-3)23-17(15)25-19/h4-8H,1-3H3,(H,22,24)(H,23,25). The Labute approximate surface area is 164 Å². The molecule has 27 heavy (non-hydrogen) atoms. The molecule has 0 aliphatic carbocycles. The largest absolute Gasteiger partial charge is 0.481 e. The summed E-state index contributed by atoms with van der Waals surface area (Å²) in [5.41, 5.74) is 0.680. The first-order valence-electron chi connectivity index (χ1n) is 8.18. The summed E-state index contributed by atoms with van der Waals surface area (Å²) in [6, 6.07) is 11.9. The lowest BCUT2D eigenvalue weighted by Gasteiger charge is -2.38. The molecule has 0 radical (unpaired) electrons. The van der Waals surface area contributed by atoms with Gasteiger partial charge in [0.15, 0.2) is 0 Å². The molecule has 1 atom stereocenters. The Bertz CT molecular complexity index is 1080. The summed E-state index contributed by atoms with van der Waals surface area (Å²) in [6.07, 6.45) is 0. The lowest BCUT2D eigenvalue weighted by Crippen LogP contribution is -2.43. The molecule has 1 aliphatic heterocycles. The van der Waals surface area contributed by atoms with Crippen LogP contribution in [0.2, 0.25) is 0 Å². The Morgan fingerprint density at radius 3 is 2.33 bits per heavy atom. The molecule has 0 saturated carbocycles. The van der Waals surface area contributed by atoms with E-state index < -0.39 is 5.66 Å². The number of methoxy groups -OCH3 is 2. The molecule has 1 aliphatic rings. The van der Waals surface area contributed by atoms with Gasteiger partial charge in [0, 0.05) is 15.9 Å². The van der Waals surface area contributed by atoms with Crippen LogP contribution in [0.4, 0.5) is 11.6 Å². The molecule has 0 amide bonds. The minimum Gasteiger partial charge on any atom is -0.481 e. The zero-order chi connectivity index (χ0) is 19.2. The molecule has 2 aromatic heterocycles. The van der Waals surface area contributed by atoms with Crippen LogP contribution in [0.5, 0.6) is 11.8 Å². The molecule has 1 unspecified atom stereocenters. The third-order valence-corrected chi connectivity index (χ3v) is 5.13. The van der Waals surface area contributed by atoms with Gasteiger partial charge in [-0.15, -0.1) is 0 Å². The molecule has 4 rings (SSSR count). The van der Waals surface area contributed by atoms with E-state index in [2.05, 4.69) is 42.6 Å². The summed E-state index contributed by atoms with van der Waals surface area (Å²) in [5.74, 6) is 1.85. The molecule has 8 heteroatoms. The van der Waals surface area contributed by atoms with Crippen LogP contribution in [0.25, 0.3) is 10.8 Å². The first-order valence-corrected chi connectivity index (χ1v) is 8.97. The average molecular weight is 426 g/mol. The van der Waals surface area contributed by atoms with Crippen molar-refractivity contribution in [1.29, 1.82) is 5.26 Å². The van der Waals surface area contributed by atoms with E-state index in [-0.39, 0.29) is 5.88 Å². The number of anilines is 2. The first kappa shape index (κ1) is 17.4. The number of hydrogen-bond donors (Lipinski definition) is 2. The number of nitriles is 1. The molecular formula is C19H16BrN5O2. The van der Waals surface area contributed by atoms with E-state index in [9.17, 15) is 5.26 Å². The van der Waals surface area contributed by atoms with E-state index in [1.54, 1.807) is 13.2 Å². The van der Waals surface area contributed by atoms with Crippen molar-refractivity contribution < 1.29 is 9.47 Å². The van der Waals surface area contributed by atoms with Crippen LogP contribution >= 0.6 is 15.9 Å². The van der Waals surface area contributed by atoms with Crippen molar-refractivity contribution in [1.82, 2.24) is 9.97 Å². The highest BCUT2D eigenvalue weighted by Crippen LogP contribution is 2.43. The number of pyridine rings is 2. The monoisotopic (exact) mass is 425 g/mol. The van der Waals surface area contributed by atoms with Crippen molar-refractivity contribution >= 4 is 38.3 Å². The number of benzene rings is 1. The van der Waals surface area contributed by atoms with Crippen LogP contribution in [-0.4, -0.2) is 24.2 Å². The fourth-order valence-electron chi connectivity index (χ4n) is 3.26. The van der Waals surface area contributed by atoms with E-state index in [1.165, 1.54) is 7.11 Å². The quantitative estimate of drug-likeness (QED) is 0.654. The maximum atomic E-state index is 9.61. The van der Waals surface area contributed by atoms with Crippen LogP contribution in [0.3, 0.4) is 0 Å². The molecule has 0 saturated heterocycles. The summed E-state index contributed by atoms with van der Waals surface area (Å²) in [7, 11) is 3.04. The highest BCUT2D eigenvalue weighted by atomic mass is 79.9. The molecule has 0 spiro atoms. The van der Waals surface area contributed by atoms with E-state index >= 15 is 0 Å². The molecule has 2 N–H and O–H groups in total. The lowest BCUT2D eigenvalue weighted by atomic mass is 9.97. The Hall–Kier alpha value is -3.05. The first-order chi connectivity index (χ1) is 13.0. The SMILES string of the molecule is COc1cc2c(C#N)c(OC)nc3c2c(n1)NC(C)(c1ccc(Br)cc1)N3. The lowest BCUT2D eigenvalue weighted by molar-refractivity contribution is 0.395. The third-order valence-electron chi connectivity index (χ3n) is 4.60. The molecule has 3 heterocycles. The molecule has 136 valence electrons. The van der Waals surface area contributed by atoms with Gasteiger partial charge >= 0.3 is 0 Å². The van der Waals surface area contributed by atoms with Gasteiger partial charge in [-0.05, 0) is 24.6 Å². The molecule has 1 aromatic carbocycles. The zero-order valence-corrected chi connectivity index (χ0v) is 16.5. The number of aromatic nitrogens is 2. The summed E-state index contributed by atoms with van der Waals surface area (Å²) in [5, 5.41) is 17.9. The smallest absolute Gasteiger partial charge is 0.234 e. The topological polar surface area (TPSA) is 92.1 Å². The fraction of sp³-hybridized carbons (Fsp3) is 0.211. The number of halogens is 1.